The molecule has 0 spiro atoms. The number of hydrogen-bond acceptors (Lipinski definition) is 5. The van der Waals surface area contributed by atoms with Crippen LogP contribution in [-0.4, -0.2) is 13.4 Å². The number of thiazole rings is 1. The molecular weight excluding hydrogens is 276 g/mol. The lowest BCUT2D eigenvalue weighted by molar-refractivity contribution is 0.583. The number of nitrogens with zero attached hydrogens (tertiary/aromatic N) is 1. The summed E-state index contributed by atoms with van der Waals surface area (Å²) in [5.41, 5.74) is 0.959. The largest absolute Gasteiger partial charge is 0.250 e. The number of hydrogen-bond donors (Lipinski definition) is 1. The van der Waals surface area contributed by atoms with Crippen LogP contribution in [0.4, 0.5) is 0 Å². The lowest BCUT2D eigenvalue weighted by atomic mass is 10.4. The van der Waals surface area contributed by atoms with Crippen molar-refractivity contribution < 1.29 is 8.42 Å². The third-order valence-electron chi connectivity index (χ3n) is 2.25. The minimum absolute atomic E-state index is 0.250. The van der Waals surface area contributed by atoms with E-state index in [1.165, 1.54) is 22.7 Å². The molecule has 2 aromatic rings. The SMILES string of the molecule is Cc1nc(CNS(=O)(=O)c2cccs2)sc1C. The molecule has 0 aromatic carbocycles. The van der Waals surface area contributed by atoms with E-state index >= 15 is 0 Å². The number of thiophene rings is 1. The summed E-state index contributed by atoms with van der Waals surface area (Å²) in [4.78, 5) is 5.41. The predicted molar refractivity (Wildman–Crippen MR) is 69.9 cm³/mol. The first-order valence-electron chi connectivity index (χ1n) is 4.95. The molecule has 0 atom stereocenters. The van der Waals surface area contributed by atoms with Crippen LogP contribution in [0.3, 0.4) is 0 Å². The second-order valence-corrected chi connectivity index (χ2v) is 7.74. The van der Waals surface area contributed by atoms with Gasteiger partial charge in [0.1, 0.15) is 9.22 Å². The van der Waals surface area contributed by atoms with Gasteiger partial charge in [-0.15, -0.1) is 22.7 Å². The molecule has 0 aliphatic heterocycles. The first-order chi connectivity index (χ1) is 7.99. The van der Waals surface area contributed by atoms with E-state index in [1.807, 2.05) is 13.8 Å². The van der Waals surface area contributed by atoms with Gasteiger partial charge in [-0.1, -0.05) is 6.07 Å². The molecule has 0 fully saturated rings. The van der Waals surface area contributed by atoms with Crippen molar-refractivity contribution in [1.29, 1.82) is 0 Å². The van der Waals surface area contributed by atoms with Crippen LogP contribution in [0, 0.1) is 13.8 Å². The first kappa shape index (κ1) is 12.7. The van der Waals surface area contributed by atoms with Crippen LogP contribution in [-0.2, 0) is 16.6 Å². The molecule has 17 heavy (non-hydrogen) atoms. The third-order valence-corrected chi connectivity index (χ3v) is 6.12. The summed E-state index contributed by atoms with van der Waals surface area (Å²) in [5.74, 6) is 0. The molecule has 0 bridgehead atoms. The van der Waals surface area contributed by atoms with Gasteiger partial charge in [-0.3, -0.25) is 0 Å². The van der Waals surface area contributed by atoms with E-state index in [0.717, 1.165) is 15.6 Å². The summed E-state index contributed by atoms with van der Waals surface area (Å²) in [6.45, 7) is 4.15. The summed E-state index contributed by atoms with van der Waals surface area (Å²) >= 11 is 2.72. The zero-order valence-corrected chi connectivity index (χ0v) is 11.9. The Hall–Kier alpha value is -0.760. The molecule has 2 aromatic heterocycles. The minimum atomic E-state index is -3.38. The Morgan fingerprint density at radius 1 is 1.41 bits per heavy atom. The Bertz CT molecular complexity index is 580. The lowest BCUT2D eigenvalue weighted by Crippen LogP contribution is -2.22. The highest BCUT2D eigenvalue weighted by molar-refractivity contribution is 7.91. The zero-order chi connectivity index (χ0) is 12.5. The van der Waals surface area contributed by atoms with Crippen molar-refractivity contribution in [2.75, 3.05) is 0 Å². The molecule has 2 heterocycles. The van der Waals surface area contributed by atoms with Gasteiger partial charge >= 0.3 is 0 Å². The quantitative estimate of drug-likeness (QED) is 0.939. The van der Waals surface area contributed by atoms with Gasteiger partial charge in [0.2, 0.25) is 10.0 Å². The molecule has 0 unspecified atom stereocenters. The molecular formula is C10H12N2O2S3. The highest BCUT2D eigenvalue weighted by atomic mass is 32.2. The van der Waals surface area contributed by atoms with Crippen molar-refractivity contribution >= 4 is 32.7 Å². The van der Waals surface area contributed by atoms with Gasteiger partial charge in [0.05, 0.1) is 12.2 Å². The Kier molecular flexibility index (Phi) is 3.62. The molecule has 92 valence electrons. The van der Waals surface area contributed by atoms with Gasteiger partial charge < -0.3 is 0 Å². The van der Waals surface area contributed by atoms with Crippen LogP contribution in [0.2, 0.25) is 0 Å². The Labute approximate surface area is 108 Å². The molecule has 0 aliphatic carbocycles. The maximum atomic E-state index is 11.8. The molecule has 0 radical (unpaired) electrons. The van der Waals surface area contributed by atoms with Crippen molar-refractivity contribution in [3.63, 3.8) is 0 Å². The molecule has 4 nitrogen and oxygen atoms in total. The molecule has 0 aliphatic rings. The van der Waals surface area contributed by atoms with Crippen molar-refractivity contribution in [1.82, 2.24) is 9.71 Å². The standard InChI is InChI=1S/C10H12N2O2S3/c1-7-8(2)16-9(12-7)6-11-17(13,14)10-4-3-5-15-10/h3-5,11H,6H2,1-2H3. The predicted octanol–water partition coefficient (Wildman–Crippen LogP) is 2.30. The fourth-order valence-corrected chi connectivity index (χ4v) is 4.25. The Morgan fingerprint density at radius 2 is 2.18 bits per heavy atom. The smallest absolute Gasteiger partial charge is 0.245 e. The monoisotopic (exact) mass is 288 g/mol. The summed E-state index contributed by atoms with van der Waals surface area (Å²) in [7, 11) is -3.38. The van der Waals surface area contributed by atoms with Crippen LogP contribution in [0.15, 0.2) is 21.7 Å². The van der Waals surface area contributed by atoms with Crippen LogP contribution in [0.1, 0.15) is 15.6 Å². The summed E-state index contributed by atoms with van der Waals surface area (Å²) < 4.78 is 26.6. The van der Waals surface area contributed by atoms with E-state index in [0.29, 0.717) is 4.21 Å². The molecule has 7 heteroatoms. The van der Waals surface area contributed by atoms with Crippen LogP contribution in [0.5, 0.6) is 0 Å². The Balaban J connectivity index is 2.08. The summed E-state index contributed by atoms with van der Waals surface area (Å²) in [5, 5.41) is 2.53. The maximum Gasteiger partial charge on any atom is 0.250 e. The summed E-state index contributed by atoms with van der Waals surface area (Å²) in [6.07, 6.45) is 0. The fourth-order valence-electron chi connectivity index (χ4n) is 1.26. The van der Waals surface area contributed by atoms with Gasteiger partial charge in [0.25, 0.3) is 0 Å². The van der Waals surface area contributed by atoms with Crippen molar-refractivity contribution in [3.05, 3.63) is 33.1 Å². The number of aromatic nitrogens is 1. The molecule has 0 amide bonds. The van der Waals surface area contributed by atoms with Gasteiger partial charge in [-0.05, 0) is 25.3 Å². The zero-order valence-electron chi connectivity index (χ0n) is 9.43. The highest BCUT2D eigenvalue weighted by Gasteiger charge is 2.15. The number of nitrogens with one attached hydrogen (secondary N) is 1. The van der Waals surface area contributed by atoms with Crippen molar-refractivity contribution in [2.24, 2.45) is 0 Å². The van der Waals surface area contributed by atoms with E-state index in [9.17, 15) is 8.42 Å². The van der Waals surface area contributed by atoms with Gasteiger partial charge in [-0.25, -0.2) is 18.1 Å². The van der Waals surface area contributed by atoms with E-state index < -0.39 is 10.0 Å². The van der Waals surface area contributed by atoms with Crippen LogP contribution in [0.25, 0.3) is 0 Å². The van der Waals surface area contributed by atoms with Crippen molar-refractivity contribution in [3.8, 4) is 0 Å². The van der Waals surface area contributed by atoms with Crippen molar-refractivity contribution in [2.45, 2.75) is 24.6 Å². The van der Waals surface area contributed by atoms with Crippen LogP contribution >= 0.6 is 22.7 Å². The van der Waals surface area contributed by atoms with E-state index in [4.69, 9.17) is 0 Å². The molecule has 0 saturated carbocycles. The normalized spacial score (nSPS) is 11.9. The molecule has 2 rings (SSSR count). The number of sulfonamides is 1. The number of aryl methyl sites for hydroxylation is 2. The molecule has 0 saturated heterocycles. The average Bonchev–Trinajstić information content (AvgIpc) is 2.87. The van der Waals surface area contributed by atoms with E-state index in [2.05, 4.69) is 9.71 Å². The number of rotatable bonds is 4. The fraction of sp³-hybridized carbons (Fsp3) is 0.300. The first-order valence-corrected chi connectivity index (χ1v) is 8.13. The second-order valence-electron chi connectivity index (χ2n) is 3.51. The molecule has 1 N–H and O–H groups in total. The average molecular weight is 288 g/mol. The van der Waals surface area contributed by atoms with Gasteiger partial charge in [0, 0.05) is 4.88 Å². The third kappa shape index (κ3) is 2.92. The second kappa shape index (κ2) is 4.85. The van der Waals surface area contributed by atoms with Gasteiger partial charge in [-0.2, -0.15) is 0 Å². The minimum Gasteiger partial charge on any atom is -0.245 e. The van der Waals surface area contributed by atoms with E-state index in [-0.39, 0.29) is 6.54 Å². The van der Waals surface area contributed by atoms with E-state index in [1.54, 1.807) is 17.5 Å². The maximum absolute atomic E-state index is 11.8. The van der Waals surface area contributed by atoms with Gasteiger partial charge in [0.15, 0.2) is 0 Å². The topological polar surface area (TPSA) is 59.1 Å². The summed E-state index contributed by atoms with van der Waals surface area (Å²) in [6, 6.07) is 3.31. The highest BCUT2D eigenvalue weighted by Crippen LogP contribution is 2.18. The van der Waals surface area contributed by atoms with Crippen LogP contribution < -0.4 is 4.72 Å². The Morgan fingerprint density at radius 3 is 2.71 bits per heavy atom. The lowest BCUT2D eigenvalue weighted by Gasteiger charge is -2.01.